The predicted molar refractivity (Wildman–Crippen MR) is 46.8 cm³/mol. The van der Waals surface area contributed by atoms with Gasteiger partial charge in [0.15, 0.2) is 5.78 Å². The maximum Gasteiger partial charge on any atom is 0.179 e. The molecule has 3 nitrogen and oxygen atoms in total. The number of carbonyl (C=O) groups is 1. The summed E-state index contributed by atoms with van der Waals surface area (Å²) in [5.74, 6) is 0.00377. The number of hydrogen-bond donors (Lipinski definition) is 1. The number of ketones is 1. The molecule has 1 heterocycles. The Labute approximate surface area is 70.0 Å². The molecule has 0 amide bonds. The molecule has 60 valence electrons. The standard InChI is InChI=1S/C9H8N2O/c10-9-4-1-6-5-7(12)2-3-8(6)11-9/h1-5,9H,10H2. The zero-order valence-electron chi connectivity index (χ0n) is 6.40. The predicted octanol–water partition coefficient (Wildman–Crippen LogP) is 0.347. The molecule has 0 radical (unpaired) electrons. The number of allylic oxidation sites excluding steroid dienone is 5. The average molecular weight is 160 g/mol. The molecule has 2 rings (SSSR count). The van der Waals surface area contributed by atoms with Gasteiger partial charge < -0.3 is 5.73 Å². The molecule has 0 saturated heterocycles. The highest BCUT2D eigenvalue weighted by atomic mass is 16.1. The number of nitrogens with zero attached hydrogens (tertiary/aromatic N) is 1. The van der Waals surface area contributed by atoms with E-state index in [0.29, 0.717) is 0 Å². The molecule has 0 aromatic carbocycles. The van der Waals surface area contributed by atoms with Crippen molar-refractivity contribution in [3.05, 3.63) is 36.0 Å². The van der Waals surface area contributed by atoms with Gasteiger partial charge in [0.05, 0.1) is 5.71 Å². The van der Waals surface area contributed by atoms with Crippen molar-refractivity contribution in [1.29, 1.82) is 0 Å². The Morgan fingerprint density at radius 1 is 1.33 bits per heavy atom. The second kappa shape index (κ2) is 2.53. The number of rotatable bonds is 0. The summed E-state index contributed by atoms with van der Waals surface area (Å²) in [5.41, 5.74) is 7.20. The van der Waals surface area contributed by atoms with E-state index in [-0.39, 0.29) is 11.9 Å². The molecule has 2 N–H and O–H groups in total. The van der Waals surface area contributed by atoms with Crippen molar-refractivity contribution in [1.82, 2.24) is 0 Å². The smallest absolute Gasteiger partial charge is 0.179 e. The minimum atomic E-state index is -0.269. The van der Waals surface area contributed by atoms with E-state index < -0.39 is 0 Å². The van der Waals surface area contributed by atoms with Gasteiger partial charge in [-0.05, 0) is 24.3 Å². The molecule has 1 unspecified atom stereocenters. The van der Waals surface area contributed by atoms with Crippen molar-refractivity contribution in [2.75, 3.05) is 0 Å². The van der Waals surface area contributed by atoms with E-state index in [0.717, 1.165) is 11.3 Å². The molecule has 0 aromatic rings. The fourth-order valence-electron chi connectivity index (χ4n) is 1.19. The first kappa shape index (κ1) is 7.18. The Morgan fingerprint density at radius 2 is 2.17 bits per heavy atom. The Balaban J connectivity index is 2.41. The van der Waals surface area contributed by atoms with Crippen molar-refractivity contribution < 1.29 is 4.79 Å². The van der Waals surface area contributed by atoms with Gasteiger partial charge in [0, 0.05) is 5.57 Å². The number of aliphatic imine (C=N–C) groups is 1. The number of nitrogens with two attached hydrogens (primary N) is 1. The summed E-state index contributed by atoms with van der Waals surface area (Å²) in [6.45, 7) is 0. The van der Waals surface area contributed by atoms with Gasteiger partial charge in [-0.25, -0.2) is 0 Å². The van der Waals surface area contributed by atoms with Crippen molar-refractivity contribution in [3.63, 3.8) is 0 Å². The van der Waals surface area contributed by atoms with E-state index in [1.54, 1.807) is 18.2 Å². The van der Waals surface area contributed by atoms with Crippen LogP contribution in [0.3, 0.4) is 0 Å². The van der Waals surface area contributed by atoms with Crippen LogP contribution in [-0.4, -0.2) is 17.7 Å². The molecule has 0 spiro atoms. The Hall–Kier alpha value is -1.48. The molecular formula is C9H8N2O. The number of hydrogen-bond acceptors (Lipinski definition) is 3. The van der Waals surface area contributed by atoms with Crippen LogP contribution in [0.4, 0.5) is 0 Å². The molecule has 3 heteroatoms. The first-order valence-electron chi connectivity index (χ1n) is 3.71. The van der Waals surface area contributed by atoms with Crippen molar-refractivity contribution >= 4 is 11.5 Å². The molecule has 0 bridgehead atoms. The highest BCUT2D eigenvalue weighted by molar-refractivity contribution is 6.21. The third-order valence-electron chi connectivity index (χ3n) is 1.76. The summed E-state index contributed by atoms with van der Waals surface area (Å²) in [6.07, 6.45) is 8.07. The van der Waals surface area contributed by atoms with Crippen LogP contribution < -0.4 is 5.73 Å². The first-order chi connectivity index (χ1) is 5.75. The molecule has 1 atom stereocenters. The maximum absolute atomic E-state index is 10.9. The van der Waals surface area contributed by atoms with Crippen LogP contribution in [0.25, 0.3) is 0 Å². The number of dihydropyridines is 1. The van der Waals surface area contributed by atoms with Crippen molar-refractivity contribution in [2.45, 2.75) is 6.17 Å². The van der Waals surface area contributed by atoms with Gasteiger partial charge in [0.1, 0.15) is 6.17 Å². The van der Waals surface area contributed by atoms with Gasteiger partial charge in [0.2, 0.25) is 0 Å². The molecule has 0 fully saturated rings. The normalized spacial score (nSPS) is 26.4. The zero-order chi connectivity index (χ0) is 8.55. The Bertz CT molecular complexity index is 348. The fraction of sp³-hybridized carbons (Fsp3) is 0.111. The molecule has 0 aromatic heterocycles. The average Bonchev–Trinajstić information content (AvgIpc) is 2.05. The van der Waals surface area contributed by atoms with Crippen LogP contribution in [0.2, 0.25) is 0 Å². The van der Waals surface area contributed by atoms with Crippen molar-refractivity contribution in [3.8, 4) is 0 Å². The quantitative estimate of drug-likeness (QED) is 0.520. The lowest BCUT2D eigenvalue weighted by Gasteiger charge is -2.13. The summed E-state index contributed by atoms with van der Waals surface area (Å²) in [7, 11) is 0. The number of carbonyl (C=O) groups excluding carboxylic acids is 1. The monoisotopic (exact) mass is 160 g/mol. The van der Waals surface area contributed by atoms with Gasteiger partial charge in [-0.2, -0.15) is 0 Å². The lowest BCUT2D eigenvalue weighted by atomic mass is 10.0. The van der Waals surface area contributed by atoms with Gasteiger partial charge >= 0.3 is 0 Å². The van der Waals surface area contributed by atoms with E-state index in [4.69, 9.17) is 5.73 Å². The van der Waals surface area contributed by atoms with Crippen LogP contribution >= 0.6 is 0 Å². The zero-order valence-corrected chi connectivity index (χ0v) is 6.40. The van der Waals surface area contributed by atoms with Crippen LogP contribution in [0.15, 0.2) is 40.9 Å². The molecule has 2 aliphatic rings. The highest BCUT2D eigenvalue weighted by Crippen LogP contribution is 2.13. The Kier molecular flexibility index (Phi) is 1.52. The Morgan fingerprint density at radius 3 is 3.00 bits per heavy atom. The summed E-state index contributed by atoms with van der Waals surface area (Å²) >= 11 is 0. The summed E-state index contributed by atoms with van der Waals surface area (Å²) in [5, 5.41) is 0. The second-order valence-corrected chi connectivity index (χ2v) is 2.70. The summed E-state index contributed by atoms with van der Waals surface area (Å²) < 4.78 is 0. The van der Waals surface area contributed by atoms with E-state index in [1.807, 2.05) is 6.08 Å². The lowest BCUT2D eigenvalue weighted by Crippen LogP contribution is -2.21. The van der Waals surface area contributed by atoms with E-state index >= 15 is 0 Å². The van der Waals surface area contributed by atoms with E-state index in [1.165, 1.54) is 6.08 Å². The molecule has 0 saturated carbocycles. The van der Waals surface area contributed by atoms with Crippen LogP contribution in [-0.2, 0) is 4.79 Å². The fourth-order valence-corrected chi connectivity index (χ4v) is 1.19. The van der Waals surface area contributed by atoms with Crippen LogP contribution in [0, 0.1) is 0 Å². The summed E-state index contributed by atoms with van der Waals surface area (Å²) in [6, 6.07) is 0. The van der Waals surface area contributed by atoms with Crippen LogP contribution in [0.1, 0.15) is 0 Å². The first-order valence-corrected chi connectivity index (χ1v) is 3.71. The highest BCUT2D eigenvalue weighted by Gasteiger charge is 2.13. The third-order valence-corrected chi connectivity index (χ3v) is 1.76. The maximum atomic E-state index is 10.9. The van der Waals surface area contributed by atoms with Crippen molar-refractivity contribution in [2.24, 2.45) is 10.7 Å². The topological polar surface area (TPSA) is 55.5 Å². The summed E-state index contributed by atoms with van der Waals surface area (Å²) in [4.78, 5) is 15.1. The third kappa shape index (κ3) is 1.14. The van der Waals surface area contributed by atoms with Gasteiger partial charge in [0.25, 0.3) is 0 Å². The van der Waals surface area contributed by atoms with Gasteiger partial charge in [-0.15, -0.1) is 0 Å². The molecule has 1 aliphatic heterocycles. The second-order valence-electron chi connectivity index (χ2n) is 2.70. The minimum Gasteiger partial charge on any atom is -0.306 e. The van der Waals surface area contributed by atoms with Gasteiger partial charge in [-0.1, -0.05) is 6.08 Å². The molecule has 1 aliphatic carbocycles. The molecular weight excluding hydrogens is 152 g/mol. The molecule has 12 heavy (non-hydrogen) atoms. The van der Waals surface area contributed by atoms with E-state index in [9.17, 15) is 4.79 Å². The lowest BCUT2D eigenvalue weighted by molar-refractivity contribution is -0.110. The van der Waals surface area contributed by atoms with Gasteiger partial charge in [-0.3, -0.25) is 9.79 Å². The van der Waals surface area contributed by atoms with Crippen LogP contribution in [0.5, 0.6) is 0 Å². The minimum absolute atomic E-state index is 0.00377. The van der Waals surface area contributed by atoms with E-state index in [2.05, 4.69) is 4.99 Å². The SMILES string of the molecule is NC1C=CC2=CC(=O)C=CC2=N1. The number of fused-ring (bicyclic) bond motifs is 1. The largest absolute Gasteiger partial charge is 0.306 e.